The summed E-state index contributed by atoms with van der Waals surface area (Å²) in [4.78, 5) is 0. The van der Waals surface area contributed by atoms with Gasteiger partial charge >= 0.3 is 0 Å². The standard InChI is InChI=1S/C22H22/c1-3-7-17(8-4-1)13-20-12-11-19-15-21(22(20)16-19)14-18-9-5-2-6-10-18/h1-10,12,15,19,22H,11,13-14,16H2/t19-,22+/m0/s1. The predicted molar refractivity (Wildman–Crippen MR) is 92.7 cm³/mol. The Kier molecular flexibility index (Phi) is 3.68. The Balaban J connectivity index is 1.54. The Morgan fingerprint density at radius 2 is 1.32 bits per heavy atom. The number of hydrogen-bond donors (Lipinski definition) is 0. The summed E-state index contributed by atoms with van der Waals surface area (Å²) >= 11 is 0. The lowest BCUT2D eigenvalue weighted by molar-refractivity contribution is 0.519. The maximum atomic E-state index is 2.56. The summed E-state index contributed by atoms with van der Waals surface area (Å²) in [6.07, 6.45) is 9.88. The normalized spacial score (nSPS) is 23.1. The van der Waals surface area contributed by atoms with E-state index in [1.54, 1.807) is 11.1 Å². The number of hydrogen-bond acceptors (Lipinski definition) is 0. The fourth-order valence-corrected chi connectivity index (χ4v) is 3.98. The highest BCUT2D eigenvalue weighted by Gasteiger charge is 2.31. The molecule has 0 aromatic heterocycles. The van der Waals surface area contributed by atoms with Gasteiger partial charge in [-0.2, -0.15) is 0 Å². The summed E-state index contributed by atoms with van der Waals surface area (Å²) in [7, 11) is 0. The molecule has 0 spiro atoms. The second kappa shape index (κ2) is 5.96. The van der Waals surface area contributed by atoms with Crippen LogP contribution in [0.1, 0.15) is 24.0 Å². The van der Waals surface area contributed by atoms with E-state index in [0.717, 1.165) is 18.8 Å². The molecule has 2 aromatic carbocycles. The third-order valence-corrected chi connectivity index (χ3v) is 5.07. The number of benzene rings is 2. The Bertz CT molecular complexity index is 648. The molecule has 0 heterocycles. The van der Waals surface area contributed by atoms with Crippen LogP contribution in [0.25, 0.3) is 0 Å². The van der Waals surface area contributed by atoms with Gasteiger partial charge in [0, 0.05) is 5.92 Å². The van der Waals surface area contributed by atoms with E-state index in [1.165, 1.54) is 24.0 Å². The molecule has 0 saturated heterocycles. The van der Waals surface area contributed by atoms with Crippen molar-refractivity contribution in [3.05, 3.63) is 95.1 Å². The van der Waals surface area contributed by atoms with Gasteiger partial charge in [0.15, 0.2) is 0 Å². The zero-order valence-corrected chi connectivity index (χ0v) is 12.9. The highest BCUT2D eigenvalue weighted by Crippen LogP contribution is 2.43. The Morgan fingerprint density at radius 3 is 1.95 bits per heavy atom. The zero-order valence-electron chi connectivity index (χ0n) is 12.9. The first kappa shape index (κ1) is 13.6. The predicted octanol–water partition coefficient (Wildman–Crippen LogP) is 5.36. The van der Waals surface area contributed by atoms with Crippen LogP contribution in [0, 0.1) is 11.8 Å². The molecule has 0 radical (unpaired) electrons. The van der Waals surface area contributed by atoms with Crippen LogP contribution in [-0.2, 0) is 12.8 Å². The third-order valence-electron chi connectivity index (χ3n) is 5.07. The SMILES string of the molecule is C1=C(Cc2ccccc2)[C@H]2C[C@H](C=C2Cc2ccccc2)C1. The van der Waals surface area contributed by atoms with Crippen LogP contribution >= 0.6 is 0 Å². The minimum Gasteiger partial charge on any atom is -0.0838 e. The fraction of sp³-hybridized carbons (Fsp3) is 0.273. The summed E-state index contributed by atoms with van der Waals surface area (Å²) < 4.78 is 0. The number of rotatable bonds is 4. The van der Waals surface area contributed by atoms with Crippen molar-refractivity contribution in [2.75, 3.05) is 0 Å². The molecular weight excluding hydrogens is 264 g/mol. The van der Waals surface area contributed by atoms with Gasteiger partial charge in [0.2, 0.25) is 0 Å². The van der Waals surface area contributed by atoms with Crippen molar-refractivity contribution in [3.63, 3.8) is 0 Å². The Labute approximate surface area is 133 Å². The molecule has 0 amide bonds. The fourth-order valence-electron chi connectivity index (χ4n) is 3.98. The molecule has 0 heteroatoms. The largest absolute Gasteiger partial charge is 0.0838 e. The van der Waals surface area contributed by atoms with E-state index in [4.69, 9.17) is 0 Å². The van der Waals surface area contributed by atoms with Crippen molar-refractivity contribution in [2.24, 2.45) is 11.8 Å². The van der Waals surface area contributed by atoms with Crippen molar-refractivity contribution >= 4 is 0 Å². The number of fused-ring (bicyclic) bond motifs is 2. The maximum absolute atomic E-state index is 2.56. The van der Waals surface area contributed by atoms with Crippen molar-refractivity contribution in [3.8, 4) is 0 Å². The van der Waals surface area contributed by atoms with E-state index in [9.17, 15) is 0 Å². The second-order valence-corrected chi connectivity index (χ2v) is 6.63. The molecule has 0 fully saturated rings. The van der Waals surface area contributed by atoms with E-state index < -0.39 is 0 Å². The van der Waals surface area contributed by atoms with Crippen LogP contribution in [-0.4, -0.2) is 0 Å². The lowest BCUT2D eigenvalue weighted by atomic mass is 9.81. The van der Waals surface area contributed by atoms with Crippen LogP contribution in [0.3, 0.4) is 0 Å². The van der Waals surface area contributed by atoms with Gasteiger partial charge in [0.25, 0.3) is 0 Å². The Morgan fingerprint density at radius 1 is 0.727 bits per heavy atom. The monoisotopic (exact) mass is 286 g/mol. The summed E-state index contributed by atoms with van der Waals surface area (Å²) in [5, 5.41) is 0. The first-order chi connectivity index (χ1) is 10.9. The molecule has 2 aliphatic rings. The molecule has 22 heavy (non-hydrogen) atoms. The molecule has 0 aliphatic heterocycles. The molecule has 2 bridgehead atoms. The minimum atomic E-state index is 0.680. The molecule has 0 nitrogen and oxygen atoms in total. The van der Waals surface area contributed by atoms with Crippen molar-refractivity contribution < 1.29 is 0 Å². The zero-order chi connectivity index (χ0) is 14.8. The third kappa shape index (κ3) is 2.78. The average Bonchev–Trinajstić information content (AvgIpc) is 2.89. The van der Waals surface area contributed by atoms with Gasteiger partial charge in [-0.3, -0.25) is 0 Å². The molecule has 4 rings (SSSR count). The topological polar surface area (TPSA) is 0 Å². The molecule has 2 atom stereocenters. The van der Waals surface area contributed by atoms with Gasteiger partial charge in [-0.05, 0) is 42.7 Å². The van der Waals surface area contributed by atoms with Crippen LogP contribution in [0.4, 0.5) is 0 Å². The lowest BCUT2D eigenvalue weighted by Crippen LogP contribution is -2.13. The van der Waals surface area contributed by atoms with E-state index in [0.29, 0.717) is 5.92 Å². The van der Waals surface area contributed by atoms with Gasteiger partial charge in [-0.1, -0.05) is 84.0 Å². The van der Waals surface area contributed by atoms with Crippen molar-refractivity contribution in [1.82, 2.24) is 0 Å². The van der Waals surface area contributed by atoms with E-state index >= 15 is 0 Å². The number of allylic oxidation sites excluding steroid dienone is 4. The molecular formula is C22H22. The van der Waals surface area contributed by atoms with Crippen LogP contribution < -0.4 is 0 Å². The highest BCUT2D eigenvalue weighted by molar-refractivity contribution is 5.37. The summed E-state index contributed by atoms with van der Waals surface area (Å²) in [5.74, 6) is 1.46. The first-order valence-electron chi connectivity index (χ1n) is 8.36. The summed E-state index contributed by atoms with van der Waals surface area (Å²) in [6.45, 7) is 0. The molecule has 0 unspecified atom stereocenters. The van der Waals surface area contributed by atoms with E-state index in [2.05, 4.69) is 72.8 Å². The van der Waals surface area contributed by atoms with Crippen molar-refractivity contribution in [2.45, 2.75) is 25.7 Å². The maximum Gasteiger partial charge on any atom is 0.00194 e. The molecule has 0 N–H and O–H groups in total. The smallest absolute Gasteiger partial charge is 0.00194 e. The lowest BCUT2D eigenvalue weighted by Gasteiger charge is -2.24. The summed E-state index contributed by atoms with van der Waals surface area (Å²) in [6, 6.07) is 21.8. The van der Waals surface area contributed by atoms with Gasteiger partial charge in [-0.15, -0.1) is 0 Å². The van der Waals surface area contributed by atoms with Crippen LogP contribution in [0.2, 0.25) is 0 Å². The quantitative estimate of drug-likeness (QED) is 0.663. The van der Waals surface area contributed by atoms with Crippen molar-refractivity contribution in [1.29, 1.82) is 0 Å². The van der Waals surface area contributed by atoms with Gasteiger partial charge < -0.3 is 0 Å². The first-order valence-corrected chi connectivity index (χ1v) is 8.36. The van der Waals surface area contributed by atoms with Gasteiger partial charge in [0.05, 0.1) is 0 Å². The van der Waals surface area contributed by atoms with E-state index in [1.807, 2.05) is 0 Å². The van der Waals surface area contributed by atoms with Crippen LogP contribution in [0.5, 0.6) is 0 Å². The highest BCUT2D eigenvalue weighted by atomic mass is 14.4. The van der Waals surface area contributed by atoms with E-state index in [-0.39, 0.29) is 0 Å². The molecule has 2 aromatic rings. The van der Waals surface area contributed by atoms with Gasteiger partial charge in [-0.25, -0.2) is 0 Å². The average molecular weight is 286 g/mol. The molecule has 0 saturated carbocycles. The minimum absolute atomic E-state index is 0.680. The molecule has 110 valence electrons. The molecule has 2 aliphatic carbocycles. The van der Waals surface area contributed by atoms with Crippen LogP contribution in [0.15, 0.2) is 84.0 Å². The summed E-state index contributed by atoms with van der Waals surface area (Å²) in [5.41, 5.74) is 6.18. The Hall–Kier alpha value is -2.08. The second-order valence-electron chi connectivity index (χ2n) is 6.63. The van der Waals surface area contributed by atoms with Gasteiger partial charge in [0.1, 0.15) is 0 Å².